The zero-order valence-corrected chi connectivity index (χ0v) is 12.4. The summed E-state index contributed by atoms with van der Waals surface area (Å²) in [5.41, 5.74) is -0.662. The van der Waals surface area contributed by atoms with Gasteiger partial charge in [-0.1, -0.05) is 0 Å². The van der Waals surface area contributed by atoms with Crippen LogP contribution in [0, 0.1) is 21.8 Å². The molecule has 114 valence electrons. The van der Waals surface area contributed by atoms with Gasteiger partial charge < -0.3 is 15.7 Å². The van der Waals surface area contributed by atoms with E-state index in [1.165, 1.54) is 0 Å². The van der Waals surface area contributed by atoms with Crippen LogP contribution in [0.15, 0.2) is 16.6 Å². The van der Waals surface area contributed by atoms with Crippen molar-refractivity contribution in [2.24, 2.45) is 5.92 Å². The molecule has 7 nitrogen and oxygen atoms in total. The minimum absolute atomic E-state index is 0.0727. The van der Waals surface area contributed by atoms with Gasteiger partial charge in [-0.15, -0.1) is 0 Å². The first kappa shape index (κ1) is 15.8. The molecule has 1 aromatic rings. The molecule has 1 amide bonds. The molecule has 0 aromatic heterocycles. The fourth-order valence-corrected chi connectivity index (χ4v) is 2.67. The van der Waals surface area contributed by atoms with Crippen LogP contribution in [-0.2, 0) is 0 Å². The Bertz CT molecular complexity index is 584. The molecular weight excluding hydrogens is 349 g/mol. The van der Waals surface area contributed by atoms with Gasteiger partial charge in [0.2, 0.25) is 0 Å². The van der Waals surface area contributed by atoms with Gasteiger partial charge in [0.05, 0.1) is 22.7 Å². The number of nitro groups is 1. The molecular formula is C12H13BrFN3O4. The number of halogens is 2. The van der Waals surface area contributed by atoms with Gasteiger partial charge >= 0.3 is 0 Å². The van der Waals surface area contributed by atoms with Gasteiger partial charge in [0, 0.05) is 25.6 Å². The Kier molecular flexibility index (Phi) is 4.86. The summed E-state index contributed by atoms with van der Waals surface area (Å²) in [6, 6.07) is 1.67. The van der Waals surface area contributed by atoms with E-state index in [0.717, 1.165) is 12.1 Å². The summed E-state index contributed by atoms with van der Waals surface area (Å²) < 4.78 is 13.3. The van der Waals surface area contributed by atoms with E-state index in [2.05, 4.69) is 26.6 Å². The van der Waals surface area contributed by atoms with Crippen LogP contribution in [0.3, 0.4) is 0 Å². The van der Waals surface area contributed by atoms with Gasteiger partial charge in [0.1, 0.15) is 10.3 Å². The molecule has 1 aromatic carbocycles. The number of nitrogens with zero attached hydrogens (tertiary/aromatic N) is 1. The van der Waals surface area contributed by atoms with E-state index < -0.39 is 28.4 Å². The average Bonchev–Trinajstić information content (AvgIpc) is 2.83. The second-order valence-electron chi connectivity index (χ2n) is 4.74. The van der Waals surface area contributed by atoms with Crippen molar-refractivity contribution in [1.29, 1.82) is 0 Å². The lowest BCUT2D eigenvalue weighted by molar-refractivity contribution is -0.385. The smallest absolute Gasteiger partial charge is 0.287 e. The van der Waals surface area contributed by atoms with Crippen molar-refractivity contribution in [3.05, 3.63) is 38.1 Å². The summed E-state index contributed by atoms with van der Waals surface area (Å²) >= 11 is 2.95. The molecule has 0 saturated carbocycles. The van der Waals surface area contributed by atoms with E-state index in [0.29, 0.717) is 13.1 Å². The first-order valence-electron chi connectivity index (χ1n) is 6.20. The summed E-state index contributed by atoms with van der Waals surface area (Å²) in [7, 11) is 0. The number of hydrogen-bond donors (Lipinski definition) is 3. The number of nitro benzene ring substituents is 1. The van der Waals surface area contributed by atoms with Crippen LogP contribution in [0.2, 0.25) is 0 Å². The van der Waals surface area contributed by atoms with E-state index in [4.69, 9.17) is 0 Å². The Morgan fingerprint density at radius 2 is 2.29 bits per heavy atom. The lowest BCUT2D eigenvalue weighted by atomic mass is 10.1. The van der Waals surface area contributed by atoms with Gasteiger partial charge in [0.25, 0.3) is 11.6 Å². The molecule has 1 aliphatic rings. The minimum atomic E-state index is -0.863. The first-order valence-corrected chi connectivity index (χ1v) is 7.00. The highest BCUT2D eigenvalue weighted by atomic mass is 79.9. The Morgan fingerprint density at radius 3 is 2.86 bits per heavy atom. The number of hydrogen-bond acceptors (Lipinski definition) is 5. The van der Waals surface area contributed by atoms with Crippen molar-refractivity contribution in [3.63, 3.8) is 0 Å². The average molecular weight is 362 g/mol. The van der Waals surface area contributed by atoms with E-state index in [9.17, 15) is 24.4 Å². The predicted molar refractivity (Wildman–Crippen MR) is 75.5 cm³/mol. The molecule has 2 atom stereocenters. The molecule has 1 saturated heterocycles. The topological polar surface area (TPSA) is 104 Å². The molecule has 1 heterocycles. The quantitative estimate of drug-likeness (QED) is 0.543. The van der Waals surface area contributed by atoms with Gasteiger partial charge in [-0.3, -0.25) is 14.9 Å². The summed E-state index contributed by atoms with van der Waals surface area (Å²) in [4.78, 5) is 22.0. The van der Waals surface area contributed by atoms with Gasteiger partial charge in [-0.25, -0.2) is 4.39 Å². The van der Waals surface area contributed by atoms with Crippen molar-refractivity contribution in [1.82, 2.24) is 10.6 Å². The molecule has 1 fully saturated rings. The molecule has 9 heteroatoms. The van der Waals surface area contributed by atoms with Gasteiger partial charge in [0.15, 0.2) is 0 Å². The number of rotatable bonds is 4. The molecule has 0 bridgehead atoms. The van der Waals surface area contributed by atoms with Crippen molar-refractivity contribution in [2.75, 3.05) is 19.6 Å². The van der Waals surface area contributed by atoms with Gasteiger partial charge in [-0.2, -0.15) is 0 Å². The van der Waals surface area contributed by atoms with Crippen molar-refractivity contribution in [2.45, 2.75) is 6.10 Å². The number of carbonyl (C=O) groups is 1. The standard InChI is InChI=1S/C12H13BrFN3O4/c13-11-8(1-7(14)2-9(11)17(20)21)12(19)16-4-6-3-15-5-10(6)18/h1-2,6,10,15,18H,3-5H2,(H,16,19). The highest BCUT2D eigenvalue weighted by Crippen LogP contribution is 2.29. The number of nitrogens with one attached hydrogen (secondary N) is 2. The molecule has 0 spiro atoms. The van der Waals surface area contributed by atoms with Crippen LogP contribution in [0.4, 0.5) is 10.1 Å². The maximum absolute atomic E-state index is 13.4. The van der Waals surface area contributed by atoms with Crippen LogP contribution in [0.5, 0.6) is 0 Å². The minimum Gasteiger partial charge on any atom is -0.391 e. The van der Waals surface area contributed by atoms with Crippen molar-refractivity contribution in [3.8, 4) is 0 Å². The summed E-state index contributed by atoms with van der Waals surface area (Å²) in [6.45, 7) is 1.21. The van der Waals surface area contributed by atoms with Crippen LogP contribution >= 0.6 is 15.9 Å². The Labute approximate surface area is 127 Å². The van der Waals surface area contributed by atoms with Crippen LogP contribution in [0.25, 0.3) is 0 Å². The number of aliphatic hydroxyl groups excluding tert-OH is 1. The summed E-state index contributed by atoms with van der Waals surface area (Å²) in [5.74, 6) is -1.64. The van der Waals surface area contributed by atoms with Crippen LogP contribution in [-0.4, -0.2) is 41.7 Å². The number of benzene rings is 1. The maximum atomic E-state index is 13.4. The fourth-order valence-electron chi connectivity index (χ4n) is 2.12. The number of β-amino-alcohol motifs (C(OH)–C–C–N with tert-alkyl or cyclic N) is 1. The molecule has 2 rings (SSSR count). The van der Waals surface area contributed by atoms with Crippen molar-refractivity contribution >= 4 is 27.5 Å². The third kappa shape index (κ3) is 3.55. The zero-order chi connectivity index (χ0) is 15.6. The van der Waals surface area contributed by atoms with Crippen LogP contribution in [0.1, 0.15) is 10.4 Å². The second kappa shape index (κ2) is 6.46. The first-order chi connectivity index (χ1) is 9.90. The largest absolute Gasteiger partial charge is 0.391 e. The van der Waals surface area contributed by atoms with Crippen LogP contribution < -0.4 is 10.6 Å². The number of aliphatic hydroxyl groups is 1. The summed E-state index contributed by atoms with van der Waals surface area (Å²) in [5, 5.41) is 25.9. The number of amides is 1. The molecule has 0 aliphatic carbocycles. The monoisotopic (exact) mass is 361 g/mol. The van der Waals surface area contributed by atoms with E-state index >= 15 is 0 Å². The van der Waals surface area contributed by atoms with Gasteiger partial charge in [-0.05, 0) is 22.0 Å². The zero-order valence-electron chi connectivity index (χ0n) is 10.8. The molecule has 0 radical (unpaired) electrons. The molecule has 1 aliphatic heterocycles. The highest BCUT2D eigenvalue weighted by molar-refractivity contribution is 9.10. The Balaban J connectivity index is 2.13. The molecule has 3 N–H and O–H groups in total. The van der Waals surface area contributed by atoms with E-state index in [1.54, 1.807) is 0 Å². The molecule has 21 heavy (non-hydrogen) atoms. The normalized spacial score (nSPS) is 21.3. The Morgan fingerprint density at radius 1 is 1.57 bits per heavy atom. The fraction of sp³-hybridized carbons (Fsp3) is 0.417. The van der Waals surface area contributed by atoms with E-state index in [-0.39, 0.29) is 22.5 Å². The lowest BCUT2D eigenvalue weighted by Crippen LogP contribution is -2.34. The second-order valence-corrected chi connectivity index (χ2v) is 5.53. The summed E-state index contributed by atoms with van der Waals surface area (Å²) in [6.07, 6.45) is -0.560. The lowest BCUT2D eigenvalue weighted by Gasteiger charge is -2.14. The maximum Gasteiger partial charge on any atom is 0.287 e. The Hall–Kier alpha value is -1.58. The third-order valence-electron chi connectivity index (χ3n) is 3.29. The predicted octanol–water partition coefficient (Wildman–Crippen LogP) is 0.807. The van der Waals surface area contributed by atoms with E-state index in [1.807, 2.05) is 0 Å². The van der Waals surface area contributed by atoms with Crippen molar-refractivity contribution < 1.29 is 19.2 Å². The third-order valence-corrected chi connectivity index (χ3v) is 4.12. The molecule has 2 unspecified atom stereocenters. The SMILES string of the molecule is O=C(NCC1CNCC1O)c1cc(F)cc([N+](=O)[O-])c1Br. The number of carbonyl (C=O) groups excluding carboxylic acids is 1. The highest BCUT2D eigenvalue weighted by Gasteiger charge is 2.27.